The van der Waals surface area contributed by atoms with Gasteiger partial charge < -0.3 is 9.47 Å². The summed E-state index contributed by atoms with van der Waals surface area (Å²) in [7, 11) is 1.05. The Hall–Kier alpha value is -1.79. The fourth-order valence-corrected chi connectivity index (χ4v) is 1.15. The van der Waals surface area contributed by atoms with Gasteiger partial charge in [0.1, 0.15) is 5.75 Å². The van der Waals surface area contributed by atoms with Crippen molar-refractivity contribution in [3.63, 3.8) is 0 Å². The van der Waals surface area contributed by atoms with Gasteiger partial charge in [0.2, 0.25) is 0 Å². The number of ether oxygens (including phenoxy) is 2. The number of esters is 1. The Morgan fingerprint density at radius 2 is 1.82 bits per heavy atom. The van der Waals surface area contributed by atoms with Gasteiger partial charge in [-0.1, -0.05) is 0 Å². The van der Waals surface area contributed by atoms with Gasteiger partial charge in [-0.05, 0) is 18.2 Å². The molecule has 0 saturated carbocycles. The molecule has 0 N–H and O–H groups in total. The molecule has 0 aliphatic carbocycles. The van der Waals surface area contributed by atoms with Crippen molar-refractivity contribution in [2.75, 3.05) is 7.11 Å². The fourth-order valence-electron chi connectivity index (χ4n) is 1.15. The normalized spacial score (nSPS) is 10.8. The number of hydrogen-bond acceptors (Lipinski definition) is 3. The van der Waals surface area contributed by atoms with Gasteiger partial charge in [0, 0.05) is 5.56 Å². The molecular weight excluding hydrogens is 244 g/mol. The molecule has 1 aromatic rings. The van der Waals surface area contributed by atoms with E-state index in [2.05, 4.69) is 9.47 Å². The van der Waals surface area contributed by atoms with Crippen LogP contribution in [-0.2, 0) is 4.74 Å². The monoisotopic (exact) mass is 252 g/mol. The molecule has 0 heterocycles. The zero-order valence-corrected chi connectivity index (χ0v) is 8.62. The van der Waals surface area contributed by atoms with Gasteiger partial charge in [0.05, 0.1) is 12.7 Å². The second kappa shape index (κ2) is 5.51. The smallest absolute Gasteiger partial charge is 0.387 e. The van der Waals surface area contributed by atoms with Crippen LogP contribution in [0.15, 0.2) is 18.2 Å². The molecule has 1 rings (SSSR count). The lowest BCUT2D eigenvalue weighted by Crippen LogP contribution is -2.06. The van der Waals surface area contributed by atoms with Crippen LogP contribution in [0, 0.1) is 0 Å². The Bertz CT molecular complexity index is 407. The average molecular weight is 252 g/mol. The van der Waals surface area contributed by atoms with E-state index in [4.69, 9.17) is 0 Å². The lowest BCUT2D eigenvalue weighted by molar-refractivity contribution is -0.0501. The molecule has 0 aliphatic heterocycles. The summed E-state index contributed by atoms with van der Waals surface area (Å²) in [5.74, 6) is -1.43. The minimum Gasteiger partial charge on any atom is -0.465 e. The Morgan fingerprint density at radius 1 is 1.18 bits per heavy atom. The molecule has 0 aliphatic rings. The number of rotatable bonds is 4. The van der Waals surface area contributed by atoms with Gasteiger partial charge in [-0.15, -0.1) is 0 Å². The molecule has 3 nitrogen and oxygen atoms in total. The van der Waals surface area contributed by atoms with Crippen molar-refractivity contribution in [3.8, 4) is 5.75 Å². The van der Waals surface area contributed by atoms with Crippen LogP contribution in [0.4, 0.5) is 17.6 Å². The molecule has 0 amide bonds. The first-order chi connectivity index (χ1) is 7.93. The maximum atomic E-state index is 12.4. The summed E-state index contributed by atoms with van der Waals surface area (Å²) >= 11 is 0. The Kier molecular flexibility index (Phi) is 4.30. The first-order valence-corrected chi connectivity index (χ1v) is 4.40. The summed E-state index contributed by atoms with van der Waals surface area (Å²) in [5.41, 5.74) is -0.871. The van der Waals surface area contributed by atoms with Crippen molar-refractivity contribution in [1.29, 1.82) is 0 Å². The highest BCUT2D eigenvalue weighted by Gasteiger charge is 2.16. The summed E-state index contributed by atoms with van der Waals surface area (Å²) in [6.07, 6.45) is -2.90. The zero-order chi connectivity index (χ0) is 13.0. The molecule has 0 atom stereocenters. The maximum Gasteiger partial charge on any atom is 0.387 e. The van der Waals surface area contributed by atoms with E-state index >= 15 is 0 Å². The zero-order valence-electron chi connectivity index (χ0n) is 8.62. The molecule has 0 unspecified atom stereocenters. The van der Waals surface area contributed by atoms with Crippen molar-refractivity contribution < 1.29 is 31.8 Å². The van der Waals surface area contributed by atoms with Gasteiger partial charge in [0.15, 0.2) is 0 Å². The molecule has 0 bridgehead atoms. The quantitative estimate of drug-likeness (QED) is 0.610. The van der Waals surface area contributed by atoms with Crippen molar-refractivity contribution in [3.05, 3.63) is 29.3 Å². The fraction of sp³-hybridized carbons (Fsp3) is 0.300. The molecule has 0 spiro atoms. The second-order valence-electron chi connectivity index (χ2n) is 2.96. The lowest BCUT2D eigenvalue weighted by Gasteiger charge is -2.09. The standard InChI is InChI=1S/C10H8F4O3/c1-16-9(15)6-2-5(8(11)12)3-7(4-6)17-10(13)14/h2-4,8,10H,1H3. The van der Waals surface area contributed by atoms with E-state index in [0.717, 1.165) is 25.3 Å². The second-order valence-corrected chi connectivity index (χ2v) is 2.96. The Morgan fingerprint density at radius 3 is 2.29 bits per heavy atom. The summed E-state index contributed by atoms with van der Waals surface area (Å²) in [6.45, 7) is -3.16. The maximum absolute atomic E-state index is 12.4. The van der Waals surface area contributed by atoms with Crippen molar-refractivity contribution in [2.24, 2.45) is 0 Å². The van der Waals surface area contributed by atoms with Crippen LogP contribution >= 0.6 is 0 Å². The minimum absolute atomic E-state index is 0.277. The van der Waals surface area contributed by atoms with E-state index in [1.165, 1.54) is 0 Å². The largest absolute Gasteiger partial charge is 0.465 e. The van der Waals surface area contributed by atoms with Crippen LogP contribution in [0.3, 0.4) is 0 Å². The predicted octanol–water partition coefficient (Wildman–Crippen LogP) is 3.01. The van der Waals surface area contributed by atoms with E-state index in [-0.39, 0.29) is 5.56 Å². The highest BCUT2D eigenvalue weighted by atomic mass is 19.3. The van der Waals surface area contributed by atoms with Crippen LogP contribution in [-0.4, -0.2) is 19.7 Å². The molecule has 1 aromatic carbocycles. The molecule has 7 heteroatoms. The number of methoxy groups -OCH3 is 1. The SMILES string of the molecule is COC(=O)c1cc(OC(F)F)cc(C(F)F)c1. The van der Waals surface area contributed by atoms with E-state index in [0.29, 0.717) is 0 Å². The number of carbonyl (C=O) groups excluding carboxylic acids is 1. The van der Waals surface area contributed by atoms with Gasteiger partial charge in [-0.3, -0.25) is 0 Å². The lowest BCUT2D eigenvalue weighted by atomic mass is 10.1. The van der Waals surface area contributed by atoms with E-state index in [9.17, 15) is 22.4 Å². The molecule has 17 heavy (non-hydrogen) atoms. The van der Waals surface area contributed by atoms with E-state index < -0.39 is 30.3 Å². The topological polar surface area (TPSA) is 35.5 Å². The average Bonchev–Trinajstić information content (AvgIpc) is 2.26. The van der Waals surface area contributed by atoms with Crippen molar-refractivity contribution in [2.45, 2.75) is 13.0 Å². The third-order valence-corrected chi connectivity index (χ3v) is 1.83. The van der Waals surface area contributed by atoms with E-state index in [1.807, 2.05) is 0 Å². The first-order valence-electron chi connectivity index (χ1n) is 4.40. The molecule has 94 valence electrons. The summed E-state index contributed by atoms with van der Waals surface area (Å²) in [5, 5.41) is 0. The third kappa shape index (κ3) is 3.61. The molecule has 0 aromatic heterocycles. The Balaban J connectivity index is 3.14. The number of alkyl halides is 4. The highest BCUT2D eigenvalue weighted by Crippen LogP contribution is 2.26. The predicted molar refractivity (Wildman–Crippen MR) is 49.4 cm³/mol. The molecule has 0 saturated heterocycles. The molecular formula is C10H8F4O3. The van der Waals surface area contributed by atoms with Crippen molar-refractivity contribution in [1.82, 2.24) is 0 Å². The van der Waals surface area contributed by atoms with Gasteiger partial charge >= 0.3 is 12.6 Å². The van der Waals surface area contributed by atoms with Crippen LogP contribution in [0.25, 0.3) is 0 Å². The summed E-state index contributed by atoms with van der Waals surface area (Å²) in [6, 6.07) is 2.50. The van der Waals surface area contributed by atoms with Gasteiger partial charge in [-0.25, -0.2) is 13.6 Å². The number of carbonyl (C=O) groups is 1. The number of halogens is 4. The first kappa shape index (κ1) is 13.3. The summed E-state index contributed by atoms with van der Waals surface area (Å²) < 4.78 is 57.0. The van der Waals surface area contributed by atoms with Crippen LogP contribution in [0.1, 0.15) is 22.3 Å². The van der Waals surface area contributed by atoms with Crippen LogP contribution < -0.4 is 4.74 Å². The number of hydrogen-bond donors (Lipinski definition) is 0. The van der Waals surface area contributed by atoms with Crippen LogP contribution in [0.2, 0.25) is 0 Å². The number of benzene rings is 1. The Labute approximate surface area is 93.9 Å². The van der Waals surface area contributed by atoms with Gasteiger partial charge in [0.25, 0.3) is 6.43 Å². The highest BCUT2D eigenvalue weighted by molar-refractivity contribution is 5.90. The van der Waals surface area contributed by atoms with Crippen molar-refractivity contribution >= 4 is 5.97 Å². The van der Waals surface area contributed by atoms with Gasteiger partial charge in [-0.2, -0.15) is 8.78 Å². The molecule has 0 fully saturated rings. The summed E-state index contributed by atoms with van der Waals surface area (Å²) in [4.78, 5) is 11.1. The third-order valence-electron chi connectivity index (χ3n) is 1.83. The van der Waals surface area contributed by atoms with E-state index in [1.54, 1.807) is 0 Å². The van der Waals surface area contributed by atoms with Crippen LogP contribution in [0.5, 0.6) is 5.75 Å². The minimum atomic E-state index is -3.16. The molecule has 0 radical (unpaired) electrons.